The van der Waals surface area contributed by atoms with Crippen LogP contribution in [0.25, 0.3) is 0 Å². The van der Waals surface area contributed by atoms with Gasteiger partial charge >= 0.3 is 0 Å². The van der Waals surface area contributed by atoms with Gasteiger partial charge in [0, 0.05) is 12.7 Å². The highest BCUT2D eigenvalue weighted by Gasteiger charge is 2.26. The molecule has 1 saturated carbocycles. The second kappa shape index (κ2) is 14.0. The molecule has 4 aromatic rings. The first-order valence-electron chi connectivity index (χ1n) is 15.0. The van der Waals surface area contributed by atoms with Crippen LogP contribution in [-0.2, 0) is 28.0 Å². The molecule has 0 N–H and O–H groups in total. The lowest BCUT2D eigenvalue weighted by molar-refractivity contribution is -0.118. The van der Waals surface area contributed by atoms with Crippen LogP contribution in [0.5, 0.6) is 5.75 Å². The zero-order valence-electron chi connectivity index (χ0n) is 25.0. The van der Waals surface area contributed by atoms with Gasteiger partial charge in [-0.15, -0.1) is 0 Å². The van der Waals surface area contributed by atoms with Gasteiger partial charge in [-0.1, -0.05) is 91.6 Å². The minimum Gasteiger partial charge on any atom is -0.489 e. The smallest absolute Gasteiger partial charge is 0.243 e. The average molecular weight is 597 g/mol. The first-order chi connectivity index (χ1) is 20.8. The summed E-state index contributed by atoms with van der Waals surface area (Å²) in [5.74, 6) is 0.980. The van der Waals surface area contributed by atoms with Gasteiger partial charge in [0.1, 0.15) is 12.4 Å². The number of carbonyl (C=O) groups excluding carboxylic acids is 1. The monoisotopic (exact) mass is 596 g/mol. The number of amides is 1. The normalized spacial score (nSPS) is 14.0. The standard InChI is InChI=1S/C36H40N2O4S/c1-28-13-23-35(24-14-28)43(40,41)37(2)26-36(39)38(25-29-15-17-32(18-16-29)31-11-7-4-8-12-31)33-19-21-34(22-20-33)42-27-30-9-5-3-6-10-30/h3,5-6,9-10,13-24,31H,4,7-8,11-12,25-27H2,1-2H3. The molecule has 4 aromatic carbocycles. The molecule has 7 heteroatoms. The molecule has 0 atom stereocenters. The van der Waals surface area contributed by atoms with E-state index in [1.54, 1.807) is 29.2 Å². The third-order valence-electron chi connectivity index (χ3n) is 8.18. The molecule has 0 spiro atoms. The number of anilines is 1. The summed E-state index contributed by atoms with van der Waals surface area (Å²) < 4.78 is 33.6. The van der Waals surface area contributed by atoms with E-state index in [9.17, 15) is 13.2 Å². The van der Waals surface area contributed by atoms with Crippen molar-refractivity contribution in [1.82, 2.24) is 4.31 Å². The number of carbonyl (C=O) groups is 1. The SMILES string of the molecule is Cc1ccc(S(=O)(=O)N(C)CC(=O)N(Cc2ccc(C3CCCCC3)cc2)c2ccc(OCc3ccccc3)cc2)cc1. The molecule has 0 aliphatic heterocycles. The molecule has 5 rings (SSSR count). The van der Waals surface area contributed by atoms with Crippen LogP contribution in [0.15, 0.2) is 108 Å². The Balaban J connectivity index is 1.34. The average Bonchev–Trinajstić information content (AvgIpc) is 3.04. The van der Waals surface area contributed by atoms with Crippen molar-refractivity contribution in [1.29, 1.82) is 0 Å². The van der Waals surface area contributed by atoms with Crippen molar-refractivity contribution in [3.8, 4) is 5.75 Å². The summed E-state index contributed by atoms with van der Waals surface area (Å²) in [6, 6.07) is 32.5. The van der Waals surface area contributed by atoms with Crippen molar-refractivity contribution >= 4 is 21.6 Å². The Morgan fingerprint density at radius 2 is 1.44 bits per heavy atom. The fourth-order valence-electron chi connectivity index (χ4n) is 5.55. The molecule has 0 bridgehead atoms. The molecule has 1 fully saturated rings. The topological polar surface area (TPSA) is 66.9 Å². The molecule has 1 amide bonds. The summed E-state index contributed by atoms with van der Waals surface area (Å²) in [6.45, 7) is 2.38. The maximum atomic E-state index is 13.8. The Labute approximate surface area is 256 Å². The van der Waals surface area contributed by atoms with Gasteiger partial charge in [-0.2, -0.15) is 4.31 Å². The van der Waals surface area contributed by atoms with Crippen molar-refractivity contribution in [3.05, 3.63) is 125 Å². The Morgan fingerprint density at radius 1 is 0.791 bits per heavy atom. The van der Waals surface area contributed by atoms with Crippen LogP contribution in [0.3, 0.4) is 0 Å². The van der Waals surface area contributed by atoms with Crippen LogP contribution >= 0.6 is 0 Å². The molecule has 0 heterocycles. The van der Waals surface area contributed by atoms with Crippen LogP contribution in [0.4, 0.5) is 5.69 Å². The number of benzene rings is 4. The predicted molar refractivity (Wildman–Crippen MR) is 172 cm³/mol. The second-order valence-electron chi connectivity index (χ2n) is 11.4. The van der Waals surface area contributed by atoms with E-state index in [-0.39, 0.29) is 17.3 Å². The molecule has 43 heavy (non-hydrogen) atoms. The zero-order valence-corrected chi connectivity index (χ0v) is 25.8. The van der Waals surface area contributed by atoms with E-state index in [0.717, 1.165) is 21.0 Å². The number of hydrogen-bond acceptors (Lipinski definition) is 4. The summed E-state index contributed by atoms with van der Waals surface area (Å²) in [6.07, 6.45) is 6.32. The Hall–Kier alpha value is -3.94. The van der Waals surface area contributed by atoms with Gasteiger partial charge in [-0.3, -0.25) is 4.79 Å². The van der Waals surface area contributed by atoms with E-state index in [0.29, 0.717) is 30.5 Å². The first kappa shape index (κ1) is 30.5. The van der Waals surface area contributed by atoms with Gasteiger partial charge in [-0.05, 0) is 78.8 Å². The lowest BCUT2D eigenvalue weighted by Crippen LogP contribution is -2.41. The third-order valence-corrected chi connectivity index (χ3v) is 10.00. The summed E-state index contributed by atoms with van der Waals surface area (Å²) in [7, 11) is -2.38. The van der Waals surface area contributed by atoms with Gasteiger partial charge in [0.05, 0.1) is 18.0 Å². The van der Waals surface area contributed by atoms with Crippen molar-refractivity contribution in [2.24, 2.45) is 0 Å². The quantitative estimate of drug-likeness (QED) is 0.180. The summed E-state index contributed by atoms with van der Waals surface area (Å²) >= 11 is 0. The second-order valence-corrected chi connectivity index (χ2v) is 13.4. The van der Waals surface area contributed by atoms with E-state index < -0.39 is 10.0 Å². The van der Waals surface area contributed by atoms with E-state index in [4.69, 9.17) is 4.74 Å². The maximum absolute atomic E-state index is 13.8. The summed E-state index contributed by atoms with van der Waals surface area (Å²) in [4.78, 5) is 15.6. The van der Waals surface area contributed by atoms with Crippen LogP contribution in [0.1, 0.15) is 60.3 Å². The zero-order chi connectivity index (χ0) is 30.2. The number of ether oxygens (including phenoxy) is 1. The highest BCUT2D eigenvalue weighted by molar-refractivity contribution is 7.89. The minimum absolute atomic E-state index is 0.165. The van der Waals surface area contributed by atoms with E-state index in [1.165, 1.54) is 44.7 Å². The first-order valence-corrected chi connectivity index (χ1v) is 16.4. The molecular formula is C36H40N2O4S. The van der Waals surface area contributed by atoms with Gasteiger partial charge in [-0.25, -0.2) is 8.42 Å². The van der Waals surface area contributed by atoms with Crippen LogP contribution in [0, 0.1) is 6.92 Å². The fourth-order valence-corrected chi connectivity index (χ4v) is 6.67. The van der Waals surface area contributed by atoms with Gasteiger partial charge in [0.25, 0.3) is 0 Å². The molecular weight excluding hydrogens is 556 g/mol. The lowest BCUT2D eigenvalue weighted by Gasteiger charge is -2.26. The molecule has 1 aliphatic rings. The van der Waals surface area contributed by atoms with Crippen molar-refractivity contribution in [2.45, 2.75) is 63.0 Å². The van der Waals surface area contributed by atoms with Crippen molar-refractivity contribution < 1.29 is 17.9 Å². The summed E-state index contributed by atoms with van der Waals surface area (Å²) in [5.41, 5.74) is 5.05. The maximum Gasteiger partial charge on any atom is 0.243 e. The van der Waals surface area contributed by atoms with Crippen LogP contribution in [-0.4, -0.2) is 32.2 Å². The lowest BCUT2D eigenvalue weighted by atomic mass is 9.84. The highest BCUT2D eigenvalue weighted by Crippen LogP contribution is 2.33. The molecule has 6 nitrogen and oxygen atoms in total. The predicted octanol–water partition coefficient (Wildman–Crippen LogP) is 7.48. The van der Waals surface area contributed by atoms with E-state index in [1.807, 2.05) is 61.5 Å². The molecule has 0 unspecified atom stereocenters. The Kier molecular flexibility index (Phi) is 9.95. The Morgan fingerprint density at radius 3 is 2.09 bits per heavy atom. The van der Waals surface area contributed by atoms with E-state index >= 15 is 0 Å². The Bertz CT molecular complexity index is 1580. The number of nitrogens with zero attached hydrogens (tertiary/aromatic N) is 2. The van der Waals surface area contributed by atoms with E-state index in [2.05, 4.69) is 24.3 Å². The van der Waals surface area contributed by atoms with Gasteiger partial charge in [0.2, 0.25) is 15.9 Å². The molecule has 0 aromatic heterocycles. The number of likely N-dealkylation sites (N-methyl/N-ethyl adjacent to an activating group) is 1. The number of aryl methyl sites for hydroxylation is 1. The largest absolute Gasteiger partial charge is 0.489 e. The van der Waals surface area contributed by atoms with Crippen LogP contribution in [0.2, 0.25) is 0 Å². The number of rotatable bonds is 11. The minimum atomic E-state index is -3.83. The molecule has 0 saturated heterocycles. The molecule has 224 valence electrons. The summed E-state index contributed by atoms with van der Waals surface area (Å²) in [5, 5.41) is 0. The van der Waals surface area contributed by atoms with Crippen molar-refractivity contribution in [3.63, 3.8) is 0 Å². The molecule has 1 aliphatic carbocycles. The molecule has 0 radical (unpaired) electrons. The van der Waals surface area contributed by atoms with Gasteiger partial charge in [0.15, 0.2) is 0 Å². The van der Waals surface area contributed by atoms with Gasteiger partial charge < -0.3 is 9.64 Å². The number of sulfonamides is 1. The highest BCUT2D eigenvalue weighted by atomic mass is 32.2. The third kappa shape index (κ3) is 7.92. The van der Waals surface area contributed by atoms with Crippen molar-refractivity contribution in [2.75, 3.05) is 18.5 Å². The number of hydrogen-bond donors (Lipinski definition) is 0. The fraction of sp³-hybridized carbons (Fsp3) is 0.306. The van der Waals surface area contributed by atoms with Crippen LogP contribution < -0.4 is 9.64 Å².